The van der Waals surface area contributed by atoms with Crippen molar-refractivity contribution in [2.75, 3.05) is 6.26 Å². The van der Waals surface area contributed by atoms with Gasteiger partial charge in [0.05, 0.1) is 10.6 Å². The molecule has 0 amide bonds. The fraction of sp³-hybridized carbons (Fsp3) is 0.105. The lowest BCUT2D eigenvalue weighted by molar-refractivity contribution is -0.384. The first-order valence-electron chi connectivity index (χ1n) is 8.07. The molecule has 1 heterocycles. The van der Waals surface area contributed by atoms with Gasteiger partial charge < -0.3 is 4.98 Å². The van der Waals surface area contributed by atoms with Crippen molar-refractivity contribution in [3.05, 3.63) is 80.1 Å². The van der Waals surface area contributed by atoms with E-state index in [0.717, 1.165) is 5.56 Å². The van der Waals surface area contributed by atoms with E-state index in [-0.39, 0.29) is 16.9 Å². The predicted octanol–water partition coefficient (Wildman–Crippen LogP) is 4.23. The van der Waals surface area contributed by atoms with Crippen LogP contribution in [-0.2, 0) is 5.75 Å². The summed E-state index contributed by atoms with van der Waals surface area (Å²) in [6.45, 7) is 0. The number of hydrogen-bond acceptors (Lipinski definition) is 7. The first kappa shape index (κ1) is 19.7. The number of aromatic amines is 1. The first-order valence-corrected chi connectivity index (χ1v) is 10.3. The molecule has 0 aliphatic heterocycles. The minimum atomic E-state index is -0.567. The Bertz CT molecular complexity index is 1120. The predicted molar refractivity (Wildman–Crippen MR) is 109 cm³/mol. The van der Waals surface area contributed by atoms with Gasteiger partial charge >= 0.3 is 0 Å². The van der Waals surface area contributed by atoms with Gasteiger partial charge in [-0.2, -0.15) is 5.26 Å². The van der Waals surface area contributed by atoms with Crippen LogP contribution in [0.2, 0.25) is 0 Å². The van der Waals surface area contributed by atoms with Gasteiger partial charge in [-0.05, 0) is 17.9 Å². The number of thioether (sulfide) groups is 2. The van der Waals surface area contributed by atoms with Crippen LogP contribution in [0.1, 0.15) is 11.1 Å². The van der Waals surface area contributed by atoms with Crippen LogP contribution < -0.4 is 5.56 Å². The van der Waals surface area contributed by atoms with E-state index in [9.17, 15) is 20.2 Å². The number of nitro groups is 1. The van der Waals surface area contributed by atoms with Crippen LogP contribution in [0.5, 0.6) is 0 Å². The van der Waals surface area contributed by atoms with Gasteiger partial charge in [0.25, 0.3) is 11.2 Å². The summed E-state index contributed by atoms with van der Waals surface area (Å²) >= 11 is 2.68. The van der Waals surface area contributed by atoms with Crippen molar-refractivity contribution in [3.63, 3.8) is 0 Å². The largest absolute Gasteiger partial charge is 0.300 e. The molecule has 0 unspecified atom stereocenters. The lowest BCUT2D eigenvalue weighted by Crippen LogP contribution is -2.14. The maximum absolute atomic E-state index is 12.3. The van der Waals surface area contributed by atoms with Gasteiger partial charge in [-0.3, -0.25) is 14.9 Å². The lowest BCUT2D eigenvalue weighted by atomic mass is 10.1. The van der Waals surface area contributed by atoms with Crippen molar-refractivity contribution < 1.29 is 4.92 Å². The fourth-order valence-corrected chi connectivity index (χ4v) is 3.89. The quantitative estimate of drug-likeness (QED) is 0.280. The Morgan fingerprint density at radius 1 is 1.25 bits per heavy atom. The van der Waals surface area contributed by atoms with E-state index in [2.05, 4.69) is 9.97 Å². The molecule has 0 saturated carbocycles. The van der Waals surface area contributed by atoms with Crippen LogP contribution in [-0.4, -0.2) is 21.1 Å². The maximum atomic E-state index is 12.3. The highest BCUT2D eigenvalue weighted by Gasteiger charge is 2.20. The zero-order valence-corrected chi connectivity index (χ0v) is 16.3. The van der Waals surface area contributed by atoms with E-state index in [1.165, 1.54) is 35.7 Å². The van der Waals surface area contributed by atoms with Crippen molar-refractivity contribution in [3.8, 4) is 17.3 Å². The fourth-order valence-electron chi connectivity index (χ4n) is 2.53. The molecule has 9 heteroatoms. The average Bonchev–Trinajstić information content (AvgIpc) is 2.72. The lowest BCUT2D eigenvalue weighted by Gasteiger charge is -2.11. The van der Waals surface area contributed by atoms with Crippen molar-refractivity contribution >= 4 is 29.2 Å². The Kier molecular flexibility index (Phi) is 6.13. The number of H-pyrrole nitrogens is 1. The summed E-state index contributed by atoms with van der Waals surface area (Å²) in [4.78, 5) is 30.6. The Morgan fingerprint density at radius 3 is 2.64 bits per heavy atom. The molecule has 2 aromatic carbocycles. The first-order chi connectivity index (χ1) is 13.5. The smallest absolute Gasteiger partial charge is 0.270 e. The topological polar surface area (TPSA) is 113 Å². The second-order valence-corrected chi connectivity index (χ2v) is 7.43. The third-order valence-corrected chi connectivity index (χ3v) is 5.59. The molecular formula is C19H14N4O3S2. The molecule has 0 saturated heterocycles. The van der Waals surface area contributed by atoms with Gasteiger partial charge in [0.1, 0.15) is 11.6 Å². The van der Waals surface area contributed by atoms with E-state index in [1.54, 1.807) is 12.3 Å². The van der Waals surface area contributed by atoms with Gasteiger partial charge in [-0.25, -0.2) is 4.98 Å². The number of nitrogens with zero attached hydrogens (tertiary/aromatic N) is 3. The number of non-ortho nitro benzene ring substituents is 1. The minimum absolute atomic E-state index is 0.129. The molecule has 0 radical (unpaired) electrons. The average molecular weight is 410 g/mol. The van der Waals surface area contributed by atoms with E-state index in [1.807, 2.05) is 36.4 Å². The zero-order chi connectivity index (χ0) is 20.1. The zero-order valence-electron chi connectivity index (χ0n) is 14.7. The molecule has 1 N–H and O–H groups in total. The van der Waals surface area contributed by atoms with E-state index >= 15 is 0 Å². The summed E-state index contributed by atoms with van der Waals surface area (Å²) in [6.07, 6.45) is 1.74. The molecule has 3 aromatic rings. The number of benzene rings is 2. The monoisotopic (exact) mass is 410 g/mol. The van der Waals surface area contributed by atoms with Crippen molar-refractivity contribution in [2.45, 2.75) is 15.8 Å². The number of rotatable bonds is 6. The summed E-state index contributed by atoms with van der Waals surface area (Å²) in [5.74, 6) is 0.631. The summed E-state index contributed by atoms with van der Waals surface area (Å²) in [5, 5.41) is 21.0. The van der Waals surface area contributed by atoms with Crippen molar-refractivity contribution in [1.82, 2.24) is 9.97 Å². The number of nitro benzene ring substituents is 1. The molecule has 3 rings (SSSR count). The third kappa shape index (κ3) is 4.24. The van der Waals surface area contributed by atoms with Crippen molar-refractivity contribution in [1.29, 1.82) is 5.26 Å². The second-order valence-electron chi connectivity index (χ2n) is 5.62. The van der Waals surface area contributed by atoms with Crippen LogP contribution in [0.25, 0.3) is 11.3 Å². The molecular weight excluding hydrogens is 396 g/mol. The van der Waals surface area contributed by atoms with E-state index in [0.29, 0.717) is 21.4 Å². The van der Waals surface area contributed by atoms with Gasteiger partial charge in [0, 0.05) is 28.3 Å². The molecule has 0 atom stereocenters. The van der Waals surface area contributed by atoms with Crippen LogP contribution in [0.3, 0.4) is 0 Å². The number of nitriles is 1. The third-order valence-electron chi connectivity index (χ3n) is 3.87. The molecule has 0 spiro atoms. The second kappa shape index (κ2) is 8.73. The van der Waals surface area contributed by atoms with Crippen LogP contribution in [0.15, 0.2) is 63.4 Å². The number of nitrogens with one attached hydrogen (secondary N) is 1. The van der Waals surface area contributed by atoms with Crippen molar-refractivity contribution in [2.24, 2.45) is 0 Å². The van der Waals surface area contributed by atoms with E-state index < -0.39 is 10.5 Å². The molecule has 0 fully saturated rings. The van der Waals surface area contributed by atoms with Crippen LogP contribution in [0, 0.1) is 21.4 Å². The van der Waals surface area contributed by atoms with Gasteiger partial charge in [-0.1, -0.05) is 42.1 Å². The summed E-state index contributed by atoms with van der Waals surface area (Å²) in [6, 6.07) is 16.0. The molecule has 0 aliphatic carbocycles. The van der Waals surface area contributed by atoms with Gasteiger partial charge in [-0.15, -0.1) is 11.8 Å². The summed E-state index contributed by atoms with van der Waals surface area (Å²) < 4.78 is 0. The highest BCUT2D eigenvalue weighted by Crippen LogP contribution is 2.36. The standard InChI is InChI=1S/C19H14N4O3S2/c1-27-19-21-17(15(10-20)18(24)22-19)14-9-13(23(25)26)7-8-16(14)28-11-12-5-3-2-4-6-12/h2-9H,11H2,1H3,(H,21,22,24). The Morgan fingerprint density at radius 2 is 2.00 bits per heavy atom. The Labute approximate surface area is 169 Å². The molecule has 140 valence electrons. The Balaban J connectivity index is 2.14. The normalized spacial score (nSPS) is 10.4. The van der Waals surface area contributed by atoms with Gasteiger partial charge in [0.2, 0.25) is 0 Å². The minimum Gasteiger partial charge on any atom is -0.300 e. The SMILES string of the molecule is CSc1nc(-c2cc([N+](=O)[O-])ccc2SCc2ccccc2)c(C#N)c(=O)[nH]1. The highest BCUT2D eigenvalue weighted by atomic mass is 32.2. The summed E-state index contributed by atoms with van der Waals surface area (Å²) in [7, 11) is 0. The molecule has 0 aliphatic rings. The summed E-state index contributed by atoms with van der Waals surface area (Å²) in [5.41, 5.74) is 0.766. The molecule has 7 nitrogen and oxygen atoms in total. The molecule has 28 heavy (non-hydrogen) atoms. The van der Waals surface area contributed by atoms with Gasteiger partial charge in [0.15, 0.2) is 5.16 Å². The molecule has 0 bridgehead atoms. The maximum Gasteiger partial charge on any atom is 0.270 e. The highest BCUT2D eigenvalue weighted by molar-refractivity contribution is 7.98. The number of aromatic nitrogens is 2. The van der Waals surface area contributed by atoms with Crippen LogP contribution in [0.4, 0.5) is 5.69 Å². The van der Waals surface area contributed by atoms with E-state index in [4.69, 9.17) is 0 Å². The van der Waals surface area contributed by atoms with Crippen LogP contribution >= 0.6 is 23.5 Å². The molecule has 1 aromatic heterocycles. The Hall–Kier alpha value is -3.09. The number of hydrogen-bond donors (Lipinski definition) is 1.